The lowest BCUT2D eigenvalue weighted by Crippen LogP contribution is -2.10. The average molecular weight is 253 g/mol. The fourth-order valence-electron chi connectivity index (χ4n) is 1.93. The normalized spacial score (nSPS) is 10.4. The molecule has 3 rings (SSSR count). The van der Waals surface area contributed by atoms with Gasteiger partial charge in [-0.1, -0.05) is 42.5 Å². The number of anilines is 1. The predicted molar refractivity (Wildman–Crippen MR) is 76.2 cm³/mol. The molecule has 0 unspecified atom stereocenters. The second-order valence-corrected chi connectivity index (χ2v) is 4.91. The van der Waals surface area contributed by atoms with Crippen molar-refractivity contribution in [3.8, 4) is 0 Å². The minimum atomic E-state index is -0.0543. The number of amides is 1. The third-order valence-corrected chi connectivity index (χ3v) is 3.65. The molecule has 1 N–H and O–H groups in total. The standard InChI is InChI=1S/C15H11NOS/c17-15(14-9-4-10-18-14)16-13-8-3-6-11-5-1-2-7-12(11)13/h1-10H,(H,16,17). The summed E-state index contributed by atoms with van der Waals surface area (Å²) < 4.78 is 0. The van der Waals surface area contributed by atoms with Crippen LogP contribution in [0.25, 0.3) is 10.8 Å². The third kappa shape index (κ3) is 2.00. The van der Waals surface area contributed by atoms with Crippen LogP contribution in [0.2, 0.25) is 0 Å². The van der Waals surface area contributed by atoms with Gasteiger partial charge in [0, 0.05) is 11.1 Å². The van der Waals surface area contributed by atoms with Gasteiger partial charge in [0.15, 0.2) is 0 Å². The minimum absolute atomic E-state index is 0.0543. The molecule has 0 aliphatic carbocycles. The van der Waals surface area contributed by atoms with Crippen LogP contribution in [0.4, 0.5) is 5.69 Å². The SMILES string of the molecule is O=C(Nc1cccc2ccccc12)c1cccs1. The van der Waals surface area contributed by atoms with Crippen LogP contribution in [-0.2, 0) is 0 Å². The molecule has 0 aliphatic rings. The Hall–Kier alpha value is -2.13. The zero-order valence-corrected chi connectivity index (χ0v) is 10.4. The van der Waals surface area contributed by atoms with E-state index in [4.69, 9.17) is 0 Å². The molecule has 0 bridgehead atoms. The Bertz CT molecular complexity index is 683. The number of nitrogens with one attached hydrogen (secondary N) is 1. The van der Waals surface area contributed by atoms with E-state index in [1.807, 2.05) is 60.0 Å². The molecule has 2 nitrogen and oxygen atoms in total. The molecule has 0 fully saturated rings. The lowest BCUT2D eigenvalue weighted by atomic mass is 10.1. The first-order valence-electron chi connectivity index (χ1n) is 5.67. The topological polar surface area (TPSA) is 29.1 Å². The number of benzene rings is 2. The van der Waals surface area contributed by atoms with Crippen molar-refractivity contribution in [1.82, 2.24) is 0 Å². The van der Waals surface area contributed by atoms with Crippen LogP contribution in [-0.4, -0.2) is 5.91 Å². The maximum atomic E-state index is 12.0. The highest BCUT2D eigenvalue weighted by Gasteiger charge is 2.08. The van der Waals surface area contributed by atoms with Gasteiger partial charge in [-0.2, -0.15) is 0 Å². The molecule has 0 radical (unpaired) electrons. The van der Waals surface area contributed by atoms with Gasteiger partial charge in [-0.25, -0.2) is 0 Å². The van der Waals surface area contributed by atoms with Gasteiger partial charge >= 0.3 is 0 Å². The first kappa shape index (κ1) is 11.0. The number of carbonyl (C=O) groups excluding carboxylic acids is 1. The maximum Gasteiger partial charge on any atom is 0.265 e. The van der Waals surface area contributed by atoms with E-state index in [-0.39, 0.29) is 5.91 Å². The lowest BCUT2D eigenvalue weighted by Gasteiger charge is -2.07. The minimum Gasteiger partial charge on any atom is -0.321 e. The van der Waals surface area contributed by atoms with Crippen LogP contribution < -0.4 is 5.32 Å². The molecule has 1 amide bonds. The highest BCUT2D eigenvalue weighted by atomic mass is 32.1. The number of rotatable bonds is 2. The fraction of sp³-hybridized carbons (Fsp3) is 0. The zero-order valence-electron chi connectivity index (χ0n) is 9.59. The highest BCUT2D eigenvalue weighted by Crippen LogP contribution is 2.23. The van der Waals surface area contributed by atoms with Gasteiger partial charge in [-0.15, -0.1) is 11.3 Å². The van der Waals surface area contributed by atoms with E-state index in [2.05, 4.69) is 5.32 Å². The summed E-state index contributed by atoms with van der Waals surface area (Å²) in [7, 11) is 0. The van der Waals surface area contributed by atoms with Crippen molar-refractivity contribution in [2.24, 2.45) is 0 Å². The molecule has 0 atom stereocenters. The number of thiophene rings is 1. The molecule has 1 aromatic heterocycles. The monoisotopic (exact) mass is 253 g/mol. The quantitative estimate of drug-likeness (QED) is 0.730. The second-order valence-electron chi connectivity index (χ2n) is 3.96. The molecule has 2 aromatic carbocycles. The summed E-state index contributed by atoms with van der Waals surface area (Å²) in [5.74, 6) is -0.0543. The van der Waals surface area contributed by atoms with Crippen LogP contribution in [0.3, 0.4) is 0 Å². The molecule has 3 heteroatoms. The van der Waals surface area contributed by atoms with Crippen molar-refractivity contribution in [2.75, 3.05) is 5.32 Å². The Labute approximate surface area is 109 Å². The Morgan fingerprint density at radius 3 is 2.61 bits per heavy atom. The van der Waals surface area contributed by atoms with Crippen molar-refractivity contribution in [2.45, 2.75) is 0 Å². The highest BCUT2D eigenvalue weighted by molar-refractivity contribution is 7.12. The second kappa shape index (κ2) is 4.63. The molecule has 0 saturated carbocycles. The van der Waals surface area contributed by atoms with E-state index in [0.717, 1.165) is 21.3 Å². The van der Waals surface area contributed by atoms with Gasteiger partial charge in [0.2, 0.25) is 0 Å². The first-order chi connectivity index (χ1) is 8.84. The summed E-state index contributed by atoms with van der Waals surface area (Å²) in [6.07, 6.45) is 0. The van der Waals surface area contributed by atoms with Crippen molar-refractivity contribution in [1.29, 1.82) is 0 Å². The summed E-state index contributed by atoms with van der Waals surface area (Å²) >= 11 is 1.44. The van der Waals surface area contributed by atoms with Crippen molar-refractivity contribution in [3.05, 3.63) is 64.9 Å². The number of hydrogen-bond donors (Lipinski definition) is 1. The number of hydrogen-bond acceptors (Lipinski definition) is 2. The molecule has 3 aromatic rings. The lowest BCUT2D eigenvalue weighted by molar-refractivity contribution is 0.103. The summed E-state index contributed by atoms with van der Waals surface area (Å²) in [6, 6.07) is 17.6. The third-order valence-electron chi connectivity index (χ3n) is 2.78. The zero-order chi connectivity index (χ0) is 12.4. The molecular weight excluding hydrogens is 242 g/mol. The first-order valence-corrected chi connectivity index (χ1v) is 6.55. The summed E-state index contributed by atoms with van der Waals surface area (Å²) in [5, 5.41) is 7.05. The summed E-state index contributed by atoms with van der Waals surface area (Å²) in [5.41, 5.74) is 0.853. The van der Waals surface area contributed by atoms with Crippen LogP contribution in [0.15, 0.2) is 60.0 Å². The van der Waals surface area contributed by atoms with Crippen molar-refractivity contribution >= 4 is 33.7 Å². The number of carbonyl (C=O) groups is 1. The molecule has 0 saturated heterocycles. The molecule has 18 heavy (non-hydrogen) atoms. The molecule has 88 valence electrons. The molecular formula is C15H11NOS. The van der Waals surface area contributed by atoms with Gasteiger partial charge in [-0.3, -0.25) is 4.79 Å². The van der Waals surface area contributed by atoms with Crippen LogP contribution in [0, 0.1) is 0 Å². The molecule has 1 heterocycles. The maximum absolute atomic E-state index is 12.0. The van der Waals surface area contributed by atoms with Crippen LogP contribution >= 0.6 is 11.3 Å². The van der Waals surface area contributed by atoms with Gasteiger partial charge in [0.1, 0.15) is 0 Å². The van der Waals surface area contributed by atoms with E-state index < -0.39 is 0 Å². The largest absolute Gasteiger partial charge is 0.321 e. The average Bonchev–Trinajstić information content (AvgIpc) is 2.93. The van der Waals surface area contributed by atoms with Gasteiger partial charge in [0.05, 0.1) is 4.88 Å². The fourth-order valence-corrected chi connectivity index (χ4v) is 2.55. The molecule has 0 aliphatic heterocycles. The van der Waals surface area contributed by atoms with E-state index in [0.29, 0.717) is 0 Å². The smallest absolute Gasteiger partial charge is 0.265 e. The molecule has 0 spiro atoms. The van der Waals surface area contributed by atoms with E-state index in [1.54, 1.807) is 0 Å². The Balaban J connectivity index is 1.98. The van der Waals surface area contributed by atoms with Crippen LogP contribution in [0.5, 0.6) is 0 Å². The predicted octanol–water partition coefficient (Wildman–Crippen LogP) is 4.15. The summed E-state index contributed by atoms with van der Waals surface area (Å²) in [4.78, 5) is 12.7. The Morgan fingerprint density at radius 1 is 0.944 bits per heavy atom. The van der Waals surface area contributed by atoms with E-state index in [9.17, 15) is 4.79 Å². The van der Waals surface area contributed by atoms with Gasteiger partial charge < -0.3 is 5.32 Å². The van der Waals surface area contributed by atoms with E-state index in [1.165, 1.54) is 11.3 Å². The van der Waals surface area contributed by atoms with Crippen molar-refractivity contribution < 1.29 is 4.79 Å². The number of fused-ring (bicyclic) bond motifs is 1. The van der Waals surface area contributed by atoms with E-state index >= 15 is 0 Å². The Morgan fingerprint density at radius 2 is 1.78 bits per heavy atom. The van der Waals surface area contributed by atoms with Crippen molar-refractivity contribution in [3.63, 3.8) is 0 Å². The van der Waals surface area contributed by atoms with Crippen LogP contribution in [0.1, 0.15) is 9.67 Å². The van der Waals surface area contributed by atoms with Gasteiger partial charge in [0.25, 0.3) is 5.91 Å². The van der Waals surface area contributed by atoms with Gasteiger partial charge in [-0.05, 0) is 22.9 Å². The Kier molecular flexibility index (Phi) is 2.82. The summed E-state index contributed by atoms with van der Waals surface area (Å²) in [6.45, 7) is 0.